The standard InChI is InChI=1S/C21H22ClN3O/c22-17-10-8-15(9-11-17)13-16-14-19(24-25-12-4-7-20(16)25)21(26)23-18-5-2-1-3-6-18/h4,7-12,14,18H,1-3,5-6,13H2,(H,23,26). The predicted octanol–water partition coefficient (Wildman–Crippen LogP) is 4.64. The maximum Gasteiger partial charge on any atom is 0.271 e. The Morgan fingerprint density at radius 3 is 2.69 bits per heavy atom. The van der Waals surface area contributed by atoms with Gasteiger partial charge in [0.15, 0.2) is 0 Å². The van der Waals surface area contributed by atoms with Gasteiger partial charge in [0, 0.05) is 17.3 Å². The van der Waals surface area contributed by atoms with Gasteiger partial charge in [-0.2, -0.15) is 5.10 Å². The van der Waals surface area contributed by atoms with Gasteiger partial charge >= 0.3 is 0 Å². The topological polar surface area (TPSA) is 46.4 Å². The molecule has 1 N–H and O–H groups in total. The Hall–Kier alpha value is -2.33. The van der Waals surface area contributed by atoms with Crippen LogP contribution in [0.3, 0.4) is 0 Å². The Morgan fingerprint density at radius 1 is 1.15 bits per heavy atom. The highest BCUT2D eigenvalue weighted by atomic mass is 35.5. The van der Waals surface area contributed by atoms with Crippen molar-refractivity contribution in [2.45, 2.75) is 44.6 Å². The fourth-order valence-electron chi connectivity index (χ4n) is 3.68. The first-order valence-electron chi connectivity index (χ1n) is 9.21. The van der Waals surface area contributed by atoms with E-state index in [1.165, 1.54) is 19.3 Å². The van der Waals surface area contributed by atoms with Crippen LogP contribution in [0, 0.1) is 0 Å². The number of nitrogens with zero attached hydrogens (tertiary/aromatic N) is 2. The molecule has 0 spiro atoms. The van der Waals surface area contributed by atoms with E-state index in [-0.39, 0.29) is 11.9 Å². The van der Waals surface area contributed by atoms with Crippen LogP contribution in [-0.2, 0) is 6.42 Å². The van der Waals surface area contributed by atoms with Crippen LogP contribution in [-0.4, -0.2) is 21.6 Å². The van der Waals surface area contributed by atoms with E-state index in [0.29, 0.717) is 5.69 Å². The first-order chi connectivity index (χ1) is 12.7. The van der Waals surface area contributed by atoms with Gasteiger partial charge in [-0.25, -0.2) is 4.52 Å². The maximum atomic E-state index is 12.7. The van der Waals surface area contributed by atoms with Crippen LogP contribution < -0.4 is 5.32 Å². The second-order valence-corrected chi connectivity index (χ2v) is 7.44. The zero-order chi connectivity index (χ0) is 17.9. The molecule has 1 aromatic carbocycles. The van der Waals surface area contributed by atoms with Crippen molar-refractivity contribution >= 4 is 23.0 Å². The third kappa shape index (κ3) is 3.75. The average Bonchev–Trinajstić information content (AvgIpc) is 3.13. The lowest BCUT2D eigenvalue weighted by atomic mass is 9.95. The molecule has 1 aliphatic rings. The lowest BCUT2D eigenvalue weighted by molar-refractivity contribution is 0.0921. The van der Waals surface area contributed by atoms with Crippen LogP contribution in [0.4, 0.5) is 0 Å². The van der Waals surface area contributed by atoms with Gasteiger partial charge in [0.05, 0.1) is 5.52 Å². The van der Waals surface area contributed by atoms with Gasteiger partial charge in [-0.05, 0) is 60.7 Å². The Balaban J connectivity index is 1.61. The number of hydrogen-bond donors (Lipinski definition) is 1. The van der Waals surface area contributed by atoms with E-state index in [0.717, 1.165) is 40.9 Å². The molecule has 0 atom stereocenters. The number of halogens is 1. The van der Waals surface area contributed by atoms with Gasteiger partial charge in [0.1, 0.15) is 5.69 Å². The van der Waals surface area contributed by atoms with Crippen LogP contribution in [0.1, 0.15) is 53.7 Å². The summed E-state index contributed by atoms with van der Waals surface area (Å²) in [5.41, 5.74) is 3.74. The van der Waals surface area contributed by atoms with Gasteiger partial charge in [-0.1, -0.05) is 43.0 Å². The largest absolute Gasteiger partial charge is 0.348 e. The number of amides is 1. The van der Waals surface area contributed by atoms with Crippen LogP contribution in [0.2, 0.25) is 5.02 Å². The van der Waals surface area contributed by atoms with Crippen molar-refractivity contribution in [2.24, 2.45) is 0 Å². The van der Waals surface area contributed by atoms with E-state index < -0.39 is 0 Å². The Morgan fingerprint density at radius 2 is 1.92 bits per heavy atom. The summed E-state index contributed by atoms with van der Waals surface area (Å²) in [7, 11) is 0. The van der Waals surface area contributed by atoms with Gasteiger partial charge in [-0.3, -0.25) is 4.79 Å². The molecule has 1 saturated carbocycles. The van der Waals surface area contributed by atoms with Crippen LogP contribution >= 0.6 is 11.6 Å². The highest BCUT2D eigenvalue weighted by Gasteiger charge is 2.19. The summed E-state index contributed by atoms with van der Waals surface area (Å²) in [5, 5.41) is 8.38. The molecule has 2 aromatic heterocycles. The van der Waals surface area contributed by atoms with Crippen molar-refractivity contribution in [2.75, 3.05) is 0 Å². The molecule has 1 amide bonds. The van der Waals surface area contributed by atoms with Gasteiger partial charge in [-0.15, -0.1) is 0 Å². The van der Waals surface area contributed by atoms with E-state index in [2.05, 4.69) is 10.4 Å². The van der Waals surface area contributed by atoms with E-state index in [9.17, 15) is 4.79 Å². The SMILES string of the molecule is O=C(NC1CCCCC1)c1cc(Cc2ccc(Cl)cc2)c2cccn2n1. The number of benzene rings is 1. The molecule has 0 unspecified atom stereocenters. The molecule has 1 fully saturated rings. The summed E-state index contributed by atoms with van der Waals surface area (Å²) in [5.74, 6) is -0.0788. The number of carbonyl (C=O) groups excluding carboxylic acids is 1. The van der Waals surface area contributed by atoms with E-state index in [1.54, 1.807) is 4.52 Å². The van der Waals surface area contributed by atoms with Crippen molar-refractivity contribution in [3.63, 3.8) is 0 Å². The molecule has 2 heterocycles. The quantitative estimate of drug-likeness (QED) is 0.730. The zero-order valence-corrected chi connectivity index (χ0v) is 15.4. The molecular formula is C21H22ClN3O. The minimum Gasteiger partial charge on any atom is -0.348 e. The number of hydrogen-bond acceptors (Lipinski definition) is 2. The fraction of sp³-hybridized carbons (Fsp3) is 0.333. The summed E-state index contributed by atoms with van der Waals surface area (Å²) in [6, 6.07) is 14.0. The number of fused-ring (bicyclic) bond motifs is 1. The van der Waals surface area contributed by atoms with Crippen molar-refractivity contribution in [1.82, 2.24) is 14.9 Å². The molecule has 4 rings (SSSR count). The minimum atomic E-state index is -0.0788. The highest BCUT2D eigenvalue weighted by molar-refractivity contribution is 6.30. The van der Waals surface area contributed by atoms with Gasteiger partial charge in [0.2, 0.25) is 0 Å². The lowest BCUT2D eigenvalue weighted by Gasteiger charge is -2.22. The lowest BCUT2D eigenvalue weighted by Crippen LogP contribution is -2.36. The molecular weight excluding hydrogens is 346 g/mol. The predicted molar refractivity (Wildman–Crippen MR) is 104 cm³/mol. The summed E-state index contributed by atoms with van der Waals surface area (Å²) in [6.07, 6.45) is 8.40. The second kappa shape index (κ2) is 7.50. The molecule has 3 aromatic rings. The molecule has 4 nitrogen and oxygen atoms in total. The normalized spacial score (nSPS) is 15.3. The Kier molecular flexibility index (Phi) is 4.93. The monoisotopic (exact) mass is 367 g/mol. The van der Waals surface area contributed by atoms with Gasteiger partial charge in [0.25, 0.3) is 5.91 Å². The zero-order valence-electron chi connectivity index (χ0n) is 14.6. The average molecular weight is 368 g/mol. The van der Waals surface area contributed by atoms with Crippen molar-refractivity contribution in [3.8, 4) is 0 Å². The van der Waals surface area contributed by atoms with Crippen LogP contribution in [0.15, 0.2) is 48.7 Å². The molecule has 1 aliphatic carbocycles. The summed E-state index contributed by atoms with van der Waals surface area (Å²) >= 11 is 5.98. The molecule has 0 aliphatic heterocycles. The maximum absolute atomic E-state index is 12.7. The summed E-state index contributed by atoms with van der Waals surface area (Å²) < 4.78 is 1.79. The number of nitrogens with one attached hydrogen (secondary N) is 1. The minimum absolute atomic E-state index is 0.0788. The third-order valence-corrected chi connectivity index (χ3v) is 5.32. The smallest absolute Gasteiger partial charge is 0.271 e. The van der Waals surface area contributed by atoms with Crippen molar-refractivity contribution in [3.05, 3.63) is 70.5 Å². The first-order valence-corrected chi connectivity index (χ1v) is 9.59. The third-order valence-electron chi connectivity index (χ3n) is 5.06. The number of carbonyl (C=O) groups is 1. The van der Waals surface area contributed by atoms with Crippen LogP contribution in [0.5, 0.6) is 0 Å². The van der Waals surface area contributed by atoms with Crippen LogP contribution in [0.25, 0.3) is 5.52 Å². The molecule has 5 heteroatoms. The summed E-state index contributed by atoms with van der Waals surface area (Å²) in [6.45, 7) is 0. The summed E-state index contributed by atoms with van der Waals surface area (Å²) in [4.78, 5) is 12.7. The number of aromatic nitrogens is 2. The van der Waals surface area contributed by atoms with E-state index in [1.807, 2.05) is 48.7 Å². The number of rotatable bonds is 4. The molecule has 26 heavy (non-hydrogen) atoms. The second-order valence-electron chi connectivity index (χ2n) is 7.00. The van der Waals surface area contributed by atoms with E-state index in [4.69, 9.17) is 11.6 Å². The molecule has 134 valence electrons. The Labute approximate surface area is 158 Å². The van der Waals surface area contributed by atoms with E-state index >= 15 is 0 Å². The molecule has 0 saturated heterocycles. The van der Waals surface area contributed by atoms with Crippen molar-refractivity contribution < 1.29 is 4.79 Å². The molecule has 0 bridgehead atoms. The van der Waals surface area contributed by atoms with Gasteiger partial charge < -0.3 is 5.32 Å². The van der Waals surface area contributed by atoms with Crippen molar-refractivity contribution in [1.29, 1.82) is 0 Å². The Bertz CT molecular complexity index is 911. The fourth-order valence-corrected chi connectivity index (χ4v) is 3.80. The first kappa shape index (κ1) is 17.1. The molecule has 0 radical (unpaired) electrons. The highest BCUT2D eigenvalue weighted by Crippen LogP contribution is 2.20.